The van der Waals surface area contributed by atoms with Crippen molar-refractivity contribution in [3.63, 3.8) is 0 Å². The van der Waals surface area contributed by atoms with E-state index in [0.717, 1.165) is 30.1 Å². The molecule has 92 valence electrons. The van der Waals surface area contributed by atoms with E-state index in [1.807, 2.05) is 0 Å². The molecule has 16 heavy (non-hydrogen) atoms. The van der Waals surface area contributed by atoms with Crippen LogP contribution < -0.4 is 5.32 Å². The molecule has 3 nitrogen and oxygen atoms in total. The van der Waals surface area contributed by atoms with Gasteiger partial charge in [0.2, 0.25) is 0 Å². The van der Waals surface area contributed by atoms with E-state index in [2.05, 4.69) is 10.3 Å². The van der Waals surface area contributed by atoms with Gasteiger partial charge in [-0.1, -0.05) is 11.6 Å². The normalized spacial score (nSPS) is 21.7. The summed E-state index contributed by atoms with van der Waals surface area (Å²) in [5.74, 6) is 1.97. The van der Waals surface area contributed by atoms with Gasteiger partial charge in [0.05, 0.1) is 5.75 Å². The van der Waals surface area contributed by atoms with Gasteiger partial charge in [-0.25, -0.2) is 4.98 Å². The van der Waals surface area contributed by atoms with Crippen LogP contribution in [-0.2, 0) is 16.6 Å². The van der Waals surface area contributed by atoms with Crippen LogP contribution in [0, 0.1) is 5.92 Å². The number of hydrogen-bond donors (Lipinski definition) is 1. The third-order valence-electron chi connectivity index (χ3n) is 2.41. The largest absolute Gasteiger partial charge is 0.316 e. The number of halogens is 2. The summed E-state index contributed by atoms with van der Waals surface area (Å²) in [4.78, 5) is 4.96. The lowest BCUT2D eigenvalue weighted by Gasteiger charge is -2.06. The highest BCUT2D eigenvalue weighted by molar-refractivity contribution is 7.84. The van der Waals surface area contributed by atoms with Crippen LogP contribution in [0.2, 0.25) is 4.47 Å². The van der Waals surface area contributed by atoms with Crippen molar-refractivity contribution in [3.8, 4) is 0 Å². The van der Waals surface area contributed by atoms with Crippen LogP contribution in [0.15, 0.2) is 6.20 Å². The highest BCUT2D eigenvalue weighted by Crippen LogP contribution is 2.20. The summed E-state index contributed by atoms with van der Waals surface area (Å²) >= 11 is 7.13. The molecule has 0 saturated carbocycles. The molecule has 1 aromatic heterocycles. The second kappa shape index (κ2) is 6.91. The molecule has 1 N–H and O–H groups in total. The Balaban J connectivity index is 0.00000128. The summed E-state index contributed by atoms with van der Waals surface area (Å²) in [5.41, 5.74) is 0. The van der Waals surface area contributed by atoms with Gasteiger partial charge in [0.25, 0.3) is 0 Å². The molecule has 1 fully saturated rings. The Bertz CT molecular complexity index is 353. The quantitative estimate of drug-likeness (QED) is 0.926. The Morgan fingerprint density at radius 2 is 2.50 bits per heavy atom. The highest BCUT2D eigenvalue weighted by Gasteiger charge is 2.17. The highest BCUT2D eigenvalue weighted by atomic mass is 35.5. The van der Waals surface area contributed by atoms with Gasteiger partial charge >= 0.3 is 0 Å². The van der Waals surface area contributed by atoms with Crippen molar-refractivity contribution < 1.29 is 4.21 Å². The SMILES string of the molecule is Cl.O=S(Cc1cnc(Cl)s1)CC1CCNC1. The van der Waals surface area contributed by atoms with E-state index in [-0.39, 0.29) is 12.4 Å². The third kappa shape index (κ3) is 4.30. The average Bonchev–Trinajstić information content (AvgIpc) is 2.77. The minimum Gasteiger partial charge on any atom is -0.316 e. The second-order valence-corrected chi connectivity index (χ2v) is 6.89. The van der Waals surface area contributed by atoms with Crippen LogP contribution in [0.4, 0.5) is 0 Å². The summed E-state index contributed by atoms with van der Waals surface area (Å²) in [6.45, 7) is 2.07. The molecular formula is C9H14Cl2N2OS2. The maximum Gasteiger partial charge on any atom is 0.183 e. The summed E-state index contributed by atoms with van der Waals surface area (Å²) in [6, 6.07) is 0. The molecule has 1 aliphatic rings. The van der Waals surface area contributed by atoms with E-state index >= 15 is 0 Å². The van der Waals surface area contributed by atoms with Crippen LogP contribution >= 0.6 is 35.3 Å². The predicted octanol–water partition coefficient (Wildman–Crippen LogP) is 2.08. The zero-order chi connectivity index (χ0) is 10.7. The fourth-order valence-corrected chi connectivity index (χ4v) is 4.41. The molecule has 2 heterocycles. The van der Waals surface area contributed by atoms with Gasteiger partial charge < -0.3 is 5.32 Å². The monoisotopic (exact) mass is 300 g/mol. The van der Waals surface area contributed by atoms with Crippen molar-refractivity contribution in [2.75, 3.05) is 18.8 Å². The Kier molecular flexibility index (Phi) is 6.21. The lowest BCUT2D eigenvalue weighted by molar-refractivity contribution is 0.632. The van der Waals surface area contributed by atoms with Gasteiger partial charge in [-0.05, 0) is 25.4 Å². The molecule has 7 heteroatoms. The molecule has 1 aliphatic heterocycles. The smallest absolute Gasteiger partial charge is 0.183 e. The van der Waals surface area contributed by atoms with Crippen molar-refractivity contribution >= 4 is 46.1 Å². The van der Waals surface area contributed by atoms with Crippen molar-refractivity contribution in [2.24, 2.45) is 5.92 Å². The Hall–Kier alpha value is 0.320. The minimum absolute atomic E-state index is 0. The first-order valence-electron chi connectivity index (χ1n) is 4.90. The summed E-state index contributed by atoms with van der Waals surface area (Å²) in [5, 5.41) is 3.28. The van der Waals surface area contributed by atoms with Crippen LogP contribution in [0.25, 0.3) is 0 Å². The summed E-state index contributed by atoms with van der Waals surface area (Å²) < 4.78 is 12.3. The van der Waals surface area contributed by atoms with E-state index in [9.17, 15) is 4.21 Å². The van der Waals surface area contributed by atoms with Crippen molar-refractivity contribution in [3.05, 3.63) is 15.5 Å². The topological polar surface area (TPSA) is 42.0 Å². The Morgan fingerprint density at radius 1 is 1.69 bits per heavy atom. The number of aromatic nitrogens is 1. The van der Waals surface area contributed by atoms with Crippen molar-refractivity contribution in [2.45, 2.75) is 12.2 Å². The summed E-state index contributed by atoms with van der Waals surface area (Å²) in [7, 11) is -0.776. The standard InChI is InChI=1S/C9H13ClN2OS2.ClH/c10-9-12-4-8(14-9)6-15(13)5-7-1-2-11-3-7;/h4,7,11H,1-3,5-6H2;1H. The molecule has 0 bridgehead atoms. The fourth-order valence-electron chi connectivity index (χ4n) is 1.69. The summed E-state index contributed by atoms with van der Waals surface area (Å²) in [6.07, 6.45) is 2.87. The third-order valence-corrected chi connectivity index (χ3v) is 5.19. The minimum atomic E-state index is -0.776. The zero-order valence-electron chi connectivity index (χ0n) is 8.65. The molecule has 0 spiro atoms. The van der Waals surface area contributed by atoms with E-state index in [1.165, 1.54) is 11.3 Å². The molecule has 0 amide bonds. The molecule has 2 unspecified atom stereocenters. The molecular weight excluding hydrogens is 287 g/mol. The van der Waals surface area contributed by atoms with Gasteiger partial charge in [-0.3, -0.25) is 4.21 Å². The molecule has 1 saturated heterocycles. The van der Waals surface area contributed by atoms with Crippen molar-refractivity contribution in [1.82, 2.24) is 10.3 Å². The number of thiazole rings is 1. The molecule has 0 aliphatic carbocycles. The van der Waals surface area contributed by atoms with Gasteiger partial charge in [0.15, 0.2) is 4.47 Å². The van der Waals surface area contributed by atoms with Gasteiger partial charge in [0.1, 0.15) is 0 Å². The van der Waals surface area contributed by atoms with Crippen LogP contribution in [0.3, 0.4) is 0 Å². The number of nitrogens with one attached hydrogen (secondary N) is 1. The van der Waals surface area contributed by atoms with E-state index in [0.29, 0.717) is 16.1 Å². The first-order chi connectivity index (χ1) is 7.24. The van der Waals surface area contributed by atoms with Gasteiger partial charge in [0, 0.05) is 27.6 Å². The number of rotatable bonds is 4. The van der Waals surface area contributed by atoms with Gasteiger partial charge in [-0.15, -0.1) is 23.7 Å². The lowest BCUT2D eigenvalue weighted by atomic mass is 10.2. The molecule has 2 atom stereocenters. The van der Waals surface area contributed by atoms with Gasteiger partial charge in [-0.2, -0.15) is 0 Å². The molecule has 0 radical (unpaired) electrons. The second-order valence-electron chi connectivity index (χ2n) is 3.69. The van der Waals surface area contributed by atoms with E-state index < -0.39 is 10.8 Å². The maximum absolute atomic E-state index is 11.8. The van der Waals surface area contributed by atoms with Crippen molar-refractivity contribution in [1.29, 1.82) is 0 Å². The Morgan fingerprint density at radius 3 is 3.06 bits per heavy atom. The Labute approximate surface area is 113 Å². The fraction of sp³-hybridized carbons (Fsp3) is 0.667. The zero-order valence-corrected chi connectivity index (χ0v) is 11.9. The maximum atomic E-state index is 11.8. The first-order valence-corrected chi connectivity index (χ1v) is 7.58. The van der Waals surface area contributed by atoms with Crippen LogP contribution in [0.1, 0.15) is 11.3 Å². The number of nitrogens with zero attached hydrogens (tertiary/aromatic N) is 1. The number of hydrogen-bond acceptors (Lipinski definition) is 4. The predicted molar refractivity (Wildman–Crippen MR) is 72.1 cm³/mol. The average molecular weight is 301 g/mol. The van der Waals surface area contributed by atoms with Crippen LogP contribution in [-0.4, -0.2) is 28.0 Å². The molecule has 1 aromatic rings. The lowest BCUT2D eigenvalue weighted by Crippen LogP contribution is -2.15. The van der Waals surface area contributed by atoms with E-state index in [4.69, 9.17) is 11.6 Å². The van der Waals surface area contributed by atoms with E-state index in [1.54, 1.807) is 6.20 Å². The van der Waals surface area contributed by atoms with Crippen LogP contribution in [0.5, 0.6) is 0 Å². The molecule has 2 rings (SSSR count). The first kappa shape index (κ1) is 14.4. The molecule has 0 aromatic carbocycles.